The third kappa shape index (κ3) is 4.14. The molecule has 1 spiro atoms. The number of carbonyl (C=O) groups excluding carboxylic acids is 1. The van der Waals surface area contributed by atoms with Gasteiger partial charge in [-0.25, -0.2) is 14.8 Å². The van der Waals surface area contributed by atoms with E-state index in [4.69, 9.17) is 9.72 Å². The van der Waals surface area contributed by atoms with Crippen molar-refractivity contribution in [2.75, 3.05) is 56.7 Å². The van der Waals surface area contributed by atoms with E-state index in [-0.39, 0.29) is 17.1 Å². The first-order valence-electron chi connectivity index (χ1n) is 13.4. The topological polar surface area (TPSA) is 73.8 Å². The Labute approximate surface area is 214 Å². The number of anilines is 2. The molecule has 1 N–H and O–H groups in total. The highest BCUT2D eigenvalue weighted by Gasteiger charge is 2.50. The van der Waals surface area contributed by atoms with E-state index in [0.717, 1.165) is 62.0 Å². The lowest BCUT2D eigenvalue weighted by Gasteiger charge is -2.48. The fourth-order valence-corrected chi connectivity index (χ4v) is 6.43. The molecule has 2 aromatic rings. The van der Waals surface area contributed by atoms with E-state index in [9.17, 15) is 4.79 Å². The molecule has 8 nitrogen and oxygen atoms in total. The van der Waals surface area contributed by atoms with Crippen molar-refractivity contribution >= 4 is 17.7 Å². The highest BCUT2D eigenvalue weighted by atomic mass is 16.5. The molecule has 4 fully saturated rings. The zero-order valence-corrected chi connectivity index (χ0v) is 21.8. The molecule has 3 heterocycles. The Morgan fingerprint density at radius 2 is 1.75 bits per heavy atom. The van der Waals surface area contributed by atoms with Crippen molar-refractivity contribution in [3.05, 3.63) is 47.3 Å². The fraction of sp³-hybridized carbons (Fsp3) is 0.607. The maximum Gasteiger partial charge on any atom is 0.322 e. The van der Waals surface area contributed by atoms with Crippen LogP contribution >= 0.6 is 0 Å². The zero-order chi connectivity index (χ0) is 24.9. The van der Waals surface area contributed by atoms with Crippen LogP contribution in [0.3, 0.4) is 0 Å². The summed E-state index contributed by atoms with van der Waals surface area (Å²) in [6.07, 6.45) is 8.41. The van der Waals surface area contributed by atoms with Gasteiger partial charge in [0.15, 0.2) is 0 Å². The first kappa shape index (κ1) is 23.7. The number of nitrogens with zero attached hydrogens (tertiary/aromatic N) is 5. The minimum atomic E-state index is -0.208. The lowest BCUT2D eigenvalue weighted by atomic mass is 9.68. The van der Waals surface area contributed by atoms with E-state index >= 15 is 0 Å². The molecule has 36 heavy (non-hydrogen) atoms. The Balaban J connectivity index is 1.18. The Hall–Kier alpha value is -2.71. The summed E-state index contributed by atoms with van der Waals surface area (Å²) < 4.78 is 5.45. The number of carbonyl (C=O) groups is 1. The van der Waals surface area contributed by atoms with Gasteiger partial charge in [-0.3, -0.25) is 9.80 Å². The van der Waals surface area contributed by atoms with Crippen LogP contribution < -0.4 is 15.1 Å². The van der Waals surface area contributed by atoms with Gasteiger partial charge in [0.05, 0.1) is 42.9 Å². The Morgan fingerprint density at radius 1 is 1.06 bits per heavy atom. The molecule has 4 aliphatic rings. The summed E-state index contributed by atoms with van der Waals surface area (Å²) in [6, 6.07) is 9.34. The van der Waals surface area contributed by atoms with Crippen LogP contribution in [0.25, 0.3) is 0 Å². The molecule has 2 saturated carbocycles. The van der Waals surface area contributed by atoms with Crippen molar-refractivity contribution in [2.24, 2.45) is 0 Å². The molecule has 2 saturated heterocycles. The minimum Gasteiger partial charge on any atom is -0.378 e. The summed E-state index contributed by atoms with van der Waals surface area (Å²) in [4.78, 5) is 28.9. The number of morpholine rings is 1. The molecule has 192 valence electrons. The molecule has 0 radical (unpaired) electrons. The summed E-state index contributed by atoms with van der Waals surface area (Å²) in [7, 11) is 4.39. The van der Waals surface area contributed by atoms with Gasteiger partial charge >= 0.3 is 6.03 Å². The van der Waals surface area contributed by atoms with E-state index in [1.807, 2.05) is 18.0 Å². The second kappa shape index (κ2) is 8.99. The second-order valence-corrected chi connectivity index (χ2v) is 11.4. The van der Waals surface area contributed by atoms with Crippen molar-refractivity contribution in [2.45, 2.75) is 62.4 Å². The molecule has 6 rings (SSSR count). The highest BCUT2D eigenvalue weighted by molar-refractivity contribution is 5.95. The van der Waals surface area contributed by atoms with Gasteiger partial charge < -0.3 is 15.0 Å². The van der Waals surface area contributed by atoms with Gasteiger partial charge in [0.25, 0.3) is 0 Å². The van der Waals surface area contributed by atoms with Crippen LogP contribution in [0.5, 0.6) is 0 Å². The number of hydrogen-bond donors (Lipinski definition) is 1. The average molecular weight is 491 g/mol. The maximum absolute atomic E-state index is 13.2. The molecule has 1 aromatic heterocycles. The summed E-state index contributed by atoms with van der Waals surface area (Å²) >= 11 is 0. The van der Waals surface area contributed by atoms with Crippen LogP contribution in [0.1, 0.15) is 61.3 Å². The zero-order valence-electron chi connectivity index (χ0n) is 21.8. The first-order valence-corrected chi connectivity index (χ1v) is 13.4. The molecule has 0 unspecified atom stereocenters. The summed E-state index contributed by atoms with van der Waals surface area (Å²) in [5, 5.41) is 3.37. The van der Waals surface area contributed by atoms with E-state index in [0.29, 0.717) is 19.8 Å². The molecule has 2 aliphatic heterocycles. The smallest absolute Gasteiger partial charge is 0.322 e. The standard InChI is InChI=1S/C28H38N6O2/c1-20-24(18-29-25(30-20)33-14-16-36-17-15-33)34-19-27(31-26(34)35)10-12-28(13-11-27,32(2)3)23-8-6-22(7-9-23)21-4-5-21/h6-9,18,21H,4-5,10-17,19H2,1-3H3,(H,31,35). The van der Waals surface area contributed by atoms with Crippen LogP contribution in [0.2, 0.25) is 0 Å². The summed E-state index contributed by atoms with van der Waals surface area (Å²) in [5.74, 6) is 1.49. The molecule has 8 heteroatoms. The summed E-state index contributed by atoms with van der Waals surface area (Å²) in [6.45, 7) is 5.62. The van der Waals surface area contributed by atoms with Crippen LogP contribution in [0.15, 0.2) is 30.5 Å². The quantitative estimate of drug-likeness (QED) is 0.687. The predicted octanol–water partition coefficient (Wildman–Crippen LogP) is 3.80. The lowest BCUT2D eigenvalue weighted by molar-refractivity contribution is 0.0657. The number of aryl methyl sites for hydroxylation is 1. The number of nitrogens with one attached hydrogen (secondary N) is 1. The molecule has 0 bridgehead atoms. The Morgan fingerprint density at radius 3 is 2.36 bits per heavy atom. The fourth-order valence-electron chi connectivity index (χ4n) is 6.43. The number of urea groups is 1. The largest absolute Gasteiger partial charge is 0.378 e. The van der Waals surface area contributed by atoms with Crippen molar-refractivity contribution in [1.29, 1.82) is 0 Å². The van der Waals surface area contributed by atoms with Gasteiger partial charge in [-0.2, -0.15) is 0 Å². The second-order valence-electron chi connectivity index (χ2n) is 11.4. The van der Waals surface area contributed by atoms with Crippen LogP contribution in [0.4, 0.5) is 16.4 Å². The molecule has 1 aromatic carbocycles. The van der Waals surface area contributed by atoms with Gasteiger partial charge in [0.1, 0.15) is 0 Å². The van der Waals surface area contributed by atoms with Gasteiger partial charge in [-0.1, -0.05) is 24.3 Å². The van der Waals surface area contributed by atoms with E-state index in [1.54, 1.807) is 0 Å². The predicted molar refractivity (Wildman–Crippen MR) is 141 cm³/mol. The van der Waals surface area contributed by atoms with Crippen LogP contribution in [0, 0.1) is 6.92 Å². The first-order chi connectivity index (χ1) is 17.4. The molecule has 0 atom stereocenters. The summed E-state index contributed by atoms with van der Waals surface area (Å²) in [5.41, 5.74) is 4.32. The van der Waals surface area contributed by atoms with Crippen LogP contribution in [-0.4, -0.2) is 73.4 Å². The van der Waals surface area contributed by atoms with Crippen molar-refractivity contribution in [3.8, 4) is 0 Å². The number of aromatic nitrogens is 2. The van der Waals surface area contributed by atoms with E-state index in [2.05, 4.69) is 58.5 Å². The average Bonchev–Trinajstić information content (AvgIpc) is 3.70. The third-order valence-electron chi connectivity index (χ3n) is 8.99. The third-order valence-corrected chi connectivity index (χ3v) is 8.99. The van der Waals surface area contributed by atoms with E-state index in [1.165, 1.54) is 24.0 Å². The number of ether oxygens (including phenoxy) is 1. The minimum absolute atomic E-state index is 0.00428. The number of amides is 2. The van der Waals surface area contributed by atoms with Crippen molar-refractivity contribution in [1.82, 2.24) is 20.2 Å². The Bertz CT molecular complexity index is 1120. The lowest BCUT2D eigenvalue weighted by Crippen LogP contribution is -2.54. The maximum atomic E-state index is 13.2. The van der Waals surface area contributed by atoms with Gasteiger partial charge in [-0.15, -0.1) is 0 Å². The molecular formula is C28H38N6O2. The highest BCUT2D eigenvalue weighted by Crippen LogP contribution is 2.47. The molecule has 2 amide bonds. The van der Waals surface area contributed by atoms with Crippen molar-refractivity contribution < 1.29 is 9.53 Å². The number of benzene rings is 1. The Kier molecular flexibility index (Phi) is 5.91. The molecular weight excluding hydrogens is 452 g/mol. The van der Waals surface area contributed by atoms with Gasteiger partial charge in [-0.05, 0) is 76.6 Å². The van der Waals surface area contributed by atoms with E-state index < -0.39 is 0 Å². The SMILES string of the molecule is Cc1nc(N2CCOCC2)ncc1N1CC2(CCC(c3ccc(C4CC4)cc3)(N(C)C)CC2)NC1=O. The number of hydrogen-bond acceptors (Lipinski definition) is 6. The van der Waals surface area contributed by atoms with Gasteiger partial charge in [0.2, 0.25) is 5.95 Å². The van der Waals surface area contributed by atoms with Crippen molar-refractivity contribution in [3.63, 3.8) is 0 Å². The normalized spacial score (nSPS) is 28.7. The molecule has 2 aliphatic carbocycles. The number of rotatable bonds is 5. The van der Waals surface area contributed by atoms with Gasteiger partial charge in [0, 0.05) is 18.6 Å². The monoisotopic (exact) mass is 490 g/mol. The van der Waals surface area contributed by atoms with Crippen LogP contribution in [-0.2, 0) is 10.3 Å².